The SMILES string of the molecule is CC(=O)O[C@@H]1[C@@H](OC(C)=O)[C@H](C)[C@@H](C=NO)O[C@H]1n1cc(Cc2ccc(C3CC3)cc2)c2c(Cl)cccc21. The first kappa shape index (κ1) is 26.3. The van der Waals surface area contributed by atoms with E-state index in [0.29, 0.717) is 17.4 Å². The van der Waals surface area contributed by atoms with Crippen molar-refractivity contribution in [3.63, 3.8) is 0 Å². The molecule has 2 heterocycles. The summed E-state index contributed by atoms with van der Waals surface area (Å²) in [4.78, 5) is 24.2. The van der Waals surface area contributed by atoms with E-state index < -0.39 is 42.4 Å². The molecule has 9 heteroatoms. The highest BCUT2D eigenvalue weighted by Gasteiger charge is 2.48. The smallest absolute Gasteiger partial charge is 0.303 e. The standard InChI is InChI=1S/C29H31ClN2O6/c1-16-25(14-31-35)38-29(28(37-18(3)34)27(16)36-17(2)33)32-15-22(26-23(30)5-4-6-24(26)32)13-19-7-9-20(10-8-19)21-11-12-21/h4-10,14-16,21,25,27-29,35H,11-13H2,1-3H3/t16-,25-,27+,28-,29-/m1/s1. The Balaban J connectivity index is 1.59. The predicted octanol–water partition coefficient (Wildman–Crippen LogP) is 5.62. The van der Waals surface area contributed by atoms with E-state index >= 15 is 0 Å². The van der Waals surface area contributed by atoms with Crippen molar-refractivity contribution >= 4 is 40.7 Å². The average molecular weight is 539 g/mol. The van der Waals surface area contributed by atoms with E-state index in [2.05, 4.69) is 29.4 Å². The first-order chi connectivity index (χ1) is 18.3. The largest absolute Gasteiger partial charge is 0.458 e. The zero-order valence-electron chi connectivity index (χ0n) is 21.5. The molecule has 1 saturated heterocycles. The number of carbonyl (C=O) groups is 2. The second-order valence-electron chi connectivity index (χ2n) is 10.2. The van der Waals surface area contributed by atoms with Crippen LogP contribution in [0.25, 0.3) is 10.9 Å². The highest BCUT2D eigenvalue weighted by Crippen LogP contribution is 2.41. The van der Waals surface area contributed by atoms with Crippen molar-refractivity contribution in [2.24, 2.45) is 11.1 Å². The third kappa shape index (κ3) is 5.28. The molecule has 2 aromatic carbocycles. The van der Waals surface area contributed by atoms with Gasteiger partial charge >= 0.3 is 11.9 Å². The highest BCUT2D eigenvalue weighted by atomic mass is 35.5. The van der Waals surface area contributed by atoms with Crippen LogP contribution in [0, 0.1) is 5.92 Å². The molecule has 5 rings (SSSR count). The number of rotatable bonds is 7. The van der Waals surface area contributed by atoms with Gasteiger partial charge in [-0.25, -0.2) is 0 Å². The molecule has 2 fully saturated rings. The highest BCUT2D eigenvalue weighted by molar-refractivity contribution is 6.35. The van der Waals surface area contributed by atoms with Gasteiger partial charge < -0.3 is 24.0 Å². The number of fused-ring (bicyclic) bond motifs is 1. The van der Waals surface area contributed by atoms with Gasteiger partial charge in [-0.05, 0) is 54.0 Å². The number of oxime groups is 1. The van der Waals surface area contributed by atoms with Crippen LogP contribution < -0.4 is 0 Å². The molecule has 2 aliphatic rings. The maximum atomic E-state index is 12.2. The quantitative estimate of drug-likeness (QED) is 0.181. The lowest BCUT2D eigenvalue weighted by molar-refractivity contribution is -0.228. The number of aromatic nitrogens is 1. The number of halogens is 1. The molecule has 0 radical (unpaired) electrons. The third-order valence-electron chi connectivity index (χ3n) is 7.34. The van der Waals surface area contributed by atoms with Crippen LogP contribution >= 0.6 is 11.6 Å². The fourth-order valence-corrected chi connectivity index (χ4v) is 5.68. The first-order valence-electron chi connectivity index (χ1n) is 12.8. The number of benzene rings is 2. The Hall–Kier alpha value is -3.36. The molecular formula is C29H31ClN2O6. The summed E-state index contributed by atoms with van der Waals surface area (Å²) < 4.78 is 19.6. The second-order valence-corrected chi connectivity index (χ2v) is 10.6. The van der Waals surface area contributed by atoms with Gasteiger partial charge in [-0.15, -0.1) is 0 Å². The maximum absolute atomic E-state index is 12.2. The van der Waals surface area contributed by atoms with Gasteiger partial charge in [0.2, 0.25) is 0 Å². The molecule has 0 spiro atoms. The minimum absolute atomic E-state index is 0.453. The van der Waals surface area contributed by atoms with Crippen LogP contribution in [0.5, 0.6) is 0 Å². The van der Waals surface area contributed by atoms with Crippen LogP contribution in [0.15, 0.2) is 53.8 Å². The predicted molar refractivity (Wildman–Crippen MR) is 143 cm³/mol. The van der Waals surface area contributed by atoms with Gasteiger partial charge in [-0.3, -0.25) is 9.59 Å². The summed E-state index contributed by atoms with van der Waals surface area (Å²) >= 11 is 6.71. The first-order valence-corrected chi connectivity index (χ1v) is 13.2. The van der Waals surface area contributed by atoms with Crippen LogP contribution in [0.4, 0.5) is 0 Å². The van der Waals surface area contributed by atoms with Gasteiger partial charge in [0.25, 0.3) is 0 Å². The van der Waals surface area contributed by atoms with Gasteiger partial charge in [0.1, 0.15) is 12.2 Å². The molecule has 8 nitrogen and oxygen atoms in total. The van der Waals surface area contributed by atoms with E-state index in [4.69, 9.17) is 25.8 Å². The number of hydrogen-bond donors (Lipinski definition) is 1. The Kier molecular flexibility index (Phi) is 7.45. The Morgan fingerprint density at radius 3 is 2.42 bits per heavy atom. The van der Waals surface area contributed by atoms with Crippen molar-refractivity contribution in [1.29, 1.82) is 0 Å². The van der Waals surface area contributed by atoms with Gasteiger partial charge in [-0.2, -0.15) is 0 Å². The Labute approximate surface area is 226 Å². The molecule has 1 N–H and O–H groups in total. The van der Waals surface area contributed by atoms with Gasteiger partial charge in [0, 0.05) is 31.3 Å². The van der Waals surface area contributed by atoms with Crippen LogP contribution in [-0.2, 0) is 30.2 Å². The van der Waals surface area contributed by atoms with Crippen molar-refractivity contribution in [3.8, 4) is 0 Å². The lowest BCUT2D eigenvalue weighted by Gasteiger charge is -2.43. The normalized spacial score (nSPS) is 25.5. The van der Waals surface area contributed by atoms with Crippen LogP contribution in [0.2, 0.25) is 5.02 Å². The van der Waals surface area contributed by atoms with E-state index in [1.165, 1.54) is 38.5 Å². The summed E-state index contributed by atoms with van der Waals surface area (Å²) in [6.45, 7) is 4.39. The molecule has 0 bridgehead atoms. The molecule has 1 aromatic heterocycles. The van der Waals surface area contributed by atoms with Crippen molar-refractivity contribution in [2.45, 2.75) is 70.5 Å². The van der Waals surface area contributed by atoms with Crippen molar-refractivity contribution in [3.05, 3.63) is 70.4 Å². The second kappa shape index (κ2) is 10.8. The topological polar surface area (TPSA) is 99.4 Å². The molecule has 200 valence electrons. The van der Waals surface area contributed by atoms with Gasteiger partial charge in [0.15, 0.2) is 12.3 Å². The van der Waals surface area contributed by atoms with E-state index in [-0.39, 0.29) is 0 Å². The van der Waals surface area contributed by atoms with E-state index in [1.807, 2.05) is 29.0 Å². The zero-order valence-corrected chi connectivity index (χ0v) is 22.3. The summed E-state index contributed by atoms with van der Waals surface area (Å²) in [5.41, 5.74) is 4.27. The summed E-state index contributed by atoms with van der Waals surface area (Å²) in [6, 6.07) is 14.3. The number of nitrogens with zero attached hydrogens (tertiary/aromatic N) is 2. The Bertz CT molecular complexity index is 1360. The van der Waals surface area contributed by atoms with Crippen molar-refractivity contribution in [1.82, 2.24) is 4.57 Å². The lowest BCUT2D eigenvalue weighted by Crippen LogP contribution is -2.54. The molecule has 3 aromatic rings. The number of carbonyl (C=O) groups excluding carboxylic acids is 2. The van der Waals surface area contributed by atoms with Crippen LogP contribution in [-0.4, -0.2) is 46.2 Å². The summed E-state index contributed by atoms with van der Waals surface area (Å²) in [6.07, 6.45) is 2.95. The van der Waals surface area contributed by atoms with Crippen LogP contribution in [0.1, 0.15) is 62.4 Å². The third-order valence-corrected chi connectivity index (χ3v) is 7.65. The van der Waals surface area contributed by atoms with E-state index in [0.717, 1.165) is 22.0 Å². The summed E-state index contributed by atoms with van der Waals surface area (Å²) in [7, 11) is 0. The molecule has 38 heavy (non-hydrogen) atoms. The molecule has 0 amide bonds. The van der Waals surface area contributed by atoms with Gasteiger partial charge in [-0.1, -0.05) is 54.0 Å². The van der Waals surface area contributed by atoms with Crippen molar-refractivity contribution in [2.75, 3.05) is 0 Å². The fourth-order valence-electron chi connectivity index (χ4n) is 5.39. The molecule has 1 saturated carbocycles. The zero-order chi connectivity index (χ0) is 27.0. The number of ether oxygens (including phenoxy) is 3. The Morgan fingerprint density at radius 2 is 1.79 bits per heavy atom. The molecule has 5 atom stereocenters. The van der Waals surface area contributed by atoms with Crippen LogP contribution in [0.3, 0.4) is 0 Å². The average Bonchev–Trinajstić information content (AvgIpc) is 3.66. The maximum Gasteiger partial charge on any atom is 0.303 e. The monoisotopic (exact) mass is 538 g/mol. The van der Waals surface area contributed by atoms with E-state index in [9.17, 15) is 14.8 Å². The molecule has 1 aliphatic carbocycles. The summed E-state index contributed by atoms with van der Waals surface area (Å²) in [5.74, 6) is -0.821. The Morgan fingerprint density at radius 1 is 1.11 bits per heavy atom. The molecular weight excluding hydrogens is 508 g/mol. The molecule has 0 unspecified atom stereocenters. The lowest BCUT2D eigenvalue weighted by atomic mass is 9.90. The minimum atomic E-state index is -0.949. The van der Waals surface area contributed by atoms with Crippen molar-refractivity contribution < 1.29 is 29.0 Å². The number of hydrogen-bond acceptors (Lipinski definition) is 7. The summed E-state index contributed by atoms with van der Waals surface area (Å²) in [5, 5.41) is 13.9. The molecule has 1 aliphatic heterocycles. The fraction of sp³-hybridized carbons (Fsp3) is 0.414. The van der Waals surface area contributed by atoms with E-state index in [1.54, 1.807) is 6.92 Å². The number of esters is 2. The van der Waals surface area contributed by atoms with Gasteiger partial charge in [0.05, 0.1) is 16.8 Å². The minimum Gasteiger partial charge on any atom is -0.458 e.